The number of hydrogen-bond donors (Lipinski definition) is 1. The molecule has 3 saturated heterocycles. The van der Waals surface area contributed by atoms with E-state index in [4.69, 9.17) is 15.1 Å². The third kappa shape index (κ3) is 8.38. The minimum absolute atomic E-state index is 0. The van der Waals surface area contributed by atoms with Gasteiger partial charge in [-0.1, -0.05) is 0 Å². The van der Waals surface area contributed by atoms with Crippen molar-refractivity contribution in [2.75, 3.05) is 39.5 Å². The molecular formula is C16H35Ge2NO7. The van der Waals surface area contributed by atoms with Crippen LogP contribution < -0.4 is 0 Å². The van der Waals surface area contributed by atoms with Crippen LogP contribution in [0, 0.1) is 0 Å². The van der Waals surface area contributed by atoms with E-state index >= 15 is 0 Å². The van der Waals surface area contributed by atoms with Gasteiger partial charge in [0.2, 0.25) is 0 Å². The topological polar surface area (TPSA) is 109 Å². The number of rotatable bonds is 5. The molecule has 0 aromatic heterocycles. The fourth-order valence-electron chi connectivity index (χ4n) is 2.62. The molecule has 3 rings (SSSR count). The minimum atomic E-state index is -3.71. The molecule has 26 heavy (non-hydrogen) atoms. The molecule has 3 fully saturated rings. The Bertz CT molecular complexity index is 412. The molecule has 3 N–H and O–H groups in total. The van der Waals surface area contributed by atoms with E-state index in [1.165, 1.54) is 0 Å². The number of carbonyl (C=O) groups is 1. The fourth-order valence-corrected chi connectivity index (χ4v) is 10.6. The van der Waals surface area contributed by atoms with Crippen molar-refractivity contribution < 1.29 is 29.5 Å². The summed E-state index contributed by atoms with van der Waals surface area (Å²) in [5.41, 5.74) is 0.519. The second-order valence-electron chi connectivity index (χ2n) is 6.32. The van der Waals surface area contributed by atoms with Crippen molar-refractivity contribution in [2.24, 2.45) is 0 Å². The third-order valence-corrected chi connectivity index (χ3v) is 17.7. The van der Waals surface area contributed by atoms with Gasteiger partial charge in [-0.3, -0.25) is 0 Å². The molecule has 0 spiro atoms. The third-order valence-electron chi connectivity index (χ3n) is 4.67. The summed E-state index contributed by atoms with van der Waals surface area (Å²) < 4.78 is 30.9. The molecule has 0 unspecified atom stereocenters. The molecule has 3 aliphatic rings. The standard InChI is InChI=1S/C10H20GeO2.C6H13GeNO4.H2O/c1-6-11(7-2,8-3)13-10(12)9(4)5;9-7-10-4-1-8(2-5-11-7)3-6-12-7;/h4,6-8H2,1-3,5H3;9H,1-6H2;1H2. The van der Waals surface area contributed by atoms with Crippen LogP contribution in [-0.2, 0) is 19.8 Å². The molecule has 8 nitrogen and oxygen atoms in total. The summed E-state index contributed by atoms with van der Waals surface area (Å²) >= 11 is -5.97. The normalized spacial score (nSPS) is 25.5. The van der Waals surface area contributed by atoms with Gasteiger partial charge >= 0.3 is 158 Å². The van der Waals surface area contributed by atoms with Crippen LogP contribution in [0.5, 0.6) is 0 Å². The van der Waals surface area contributed by atoms with Gasteiger partial charge in [-0.05, 0) is 0 Å². The maximum atomic E-state index is 11.4. The van der Waals surface area contributed by atoms with E-state index in [2.05, 4.69) is 32.3 Å². The van der Waals surface area contributed by atoms with E-state index in [1.54, 1.807) is 6.92 Å². The SMILES string of the molecule is C=C(C)C(=O)[O][Ge]([CH2]C)([CH2]C)[CH2]C.O.[OH][Ge]12[O]CCN(CC[O]1)CC[O]2. The molecule has 2 bridgehead atoms. The van der Waals surface area contributed by atoms with Crippen molar-refractivity contribution in [3.8, 4) is 0 Å². The van der Waals surface area contributed by atoms with Crippen LogP contribution >= 0.6 is 0 Å². The van der Waals surface area contributed by atoms with E-state index in [1.807, 2.05) is 0 Å². The zero-order valence-corrected chi connectivity index (χ0v) is 20.7. The van der Waals surface area contributed by atoms with Crippen molar-refractivity contribution in [1.82, 2.24) is 4.90 Å². The molecule has 3 aliphatic heterocycles. The molecule has 0 aromatic carbocycles. The predicted octanol–water partition coefficient (Wildman–Crippen LogP) is 1.08. The van der Waals surface area contributed by atoms with Gasteiger partial charge in [0.25, 0.3) is 0 Å². The first kappa shape index (κ1) is 26.1. The van der Waals surface area contributed by atoms with Crippen molar-refractivity contribution in [3.05, 3.63) is 12.2 Å². The van der Waals surface area contributed by atoms with Crippen molar-refractivity contribution >= 4 is 34.2 Å². The number of fused-ring (bicyclic) bond motifs is 6. The Hall–Kier alpha value is 0.0557. The van der Waals surface area contributed by atoms with Gasteiger partial charge in [-0.2, -0.15) is 0 Å². The van der Waals surface area contributed by atoms with Crippen LogP contribution in [0.3, 0.4) is 0 Å². The van der Waals surface area contributed by atoms with Crippen LogP contribution in [0.4, 0.5) is 0 Å². The van der Waals surface area contributed by atoms with Crippen LogP contribution in [0.25, 0.3) is 0 Å². The molecule has 0 saturated carbocycles. The molecule has 0 aromatic rings. The average Bonchev–Trinajstić information content (AvgIpc) is 2.55. The monoisotopic (exact) mass is 501 g/mol. The van der Waals surface area contributed by atoms with E-state index in [-0.39, 0.29) is 11.4 Å². The zero-order valence-electron chi connectivity index (χ0n) is 16.5. The van der Waals surface area contributed by atoms with Gasteiger partial charge < -0.3 is 5.48 Å². The molecular weight excluding hydrogens is 463 g/mol. The summed E-state index contributed by atoms with van der Waals surface area (Å²) in [5, 5.41) is 3.14. The fraction of sp³-hybridized carbons (Fsp3) is 0.812. The molecule has 0 radical (unpaired) electrons. The van der Waals surface area contributed by atoms with Gasteiger partial charge in [0.15, 0.2) is 0 Å². The zero-order chi connectivity index (χ0) is 18.9. The first-order valence-electron chi connectivity index (χ1n) is 9.05. The quantitative estimate of drug-likeness (QED) is 0.446. The summed E-state index contributed by atoms with van der Waals surface area (Å²) in [5.74, 6) is -0.189. The first-order chi connectivity index (χ1) is 11.8. The van der Waals surface area contributed by atoms with Crippen molar-refractivity contribution in [1.29, 1.82) is 0 Å². The maximum absolute atomic E-state index is 11.4. The van der Waals surface area contributed by atoms with Crippen LogP contribution in [0.15, 0.2) is 12.2 Å². The van der Waals surface area contributed by atoms with Crippen LogP contribution in [0.2, 0.25) is 15.8 Å². The van der Waals surface area contributed by atoms with Gasteiger partial charge in [0.05, 0.1) is 0 Å². The summed E-state index contributed by atoms with van der Waals surface area (Å²) in [7, 11) is 0. The molecule has 10 heteroatoms. The Balaban J connectivity index is 0.000000463. The van der Waals surface area contributed by atoms with E-state index in [9.17, 15) is 8.93 Å². The van der Waals surface area contributed by atoms with Gasteiger partial charge in [-0.25, -0.2) is 0 Å². The number of carbonyl (C=O) groups excluding carboxylic acids is 1. The second-order valence-corrected chi connectivity index (χ2v) is 20.2. The van der Waals surface area contributed by atoms with Crippen LogP contribution in [-0.4, -0.2) is 88.1 Å². The van der Waals surface area contributed by atoms with Crippen LogP contribution in [0.1, 0.15) is 27.7 Å². The Morgan fingerprint density at radius 3 is 1.77 bits per heavy atom. The Morgan fingerprint density at radius 1 is 1.08 bits per heavy atom. The second kappa shape index (κ2) is 12.5. The van der Waals surface area contributed by atoms with Crippen molar-refractivity contribution in [3.63, 3.8) is 0 Å². The van der Waals surface area contributed by atoms with Gasteiger partial charge in [0.1, 0.15) is 0 Å². The summed E-state index contributed by atoms with van der Waals surface area (Å²) in [4.78, 5) is 13.6. The van der Waals surface area contributed by atoms with Gasteiger partial charge in [-0.15, -0.1) is 0 Å². The van der Waals surface area contributed by atoms with E-state index in [0.29, 0.717) is 25.4 Å². The van der Waals surface area contributed by atoms with E-state index in [0.717, 1.165) is 35.4 Å². The molecule has 0 amide bonds. The molecule has 154 valence electrons. The average molecular weight is 499 g/mol. The summed E-state index contributed by atoms with van der Waals surface area (Å²) in [6, 6.07) is 0. The van der Waals surface area contributed by atoms with E-state index < -0.39 is 28.2 Å². The molecule has 0 atom stereocenters. The number of hydrogen-bond acceptors (Lipinski definition) is 7. The molecule has 0 aliphatic carbocycles. The Kier molecular flexibility index (Phi) is 12.5. The molecule has 3 heterocycles. The van der Waals surface area contributed by atoms with Crippen molar-refractivity contribution in [2.45, 2.75) is 43.5 Å². The predicted molar refractivity (Wildman–Crippen MR) is 104 cm³/mol. The first-order valence-corrected chi connectivity index (χ1v) is 17.9. The Labute approximate surface area is 163 Å². The summed E-state index contributed by atoms with van der Waals surface area (Å²) in [6.45, 7) is 15.9. The van der Waals surface area contributed by atoms with Gasteiger partial charge in [0, 0.05) is 0 Å². The summed E-state index contributed by atoms with van der Waals surface area (Å²) in [6.07, 6.45) is 0. The Morgan fingerprint density at radius 2 is 1.46 bits per heavy atom. The number of nitrogens with zero attached hydrogens (tertiary/aromatic N) is 1.